The van der Waals surface area contributed by atoms with Crippen LogP contribution in [0.1, 0.15) is 16.1 Å². The van der Waals surface area contributed by atoms with Crippen molar-refractivity contribution in [1.29, 1.82) is 0 Å². The zero-order chi connectivity index (χ0) is 10.1. The number of hydrogen-bond donors (Lipinski definition) is 1. The van der Waals surface area contributed by atoms with E-state index in [0.29, 0.717) is 28.4 Å². The van der Waals surface area contributed by atoms with E-state index in [1.165, 1.54) is 12.1 Å². The van der Waals surface area contributed by atoms with E-state index < -0.39 is 0 Å². The molecule has 3 heteroatoms. The van der Waals surface area contributed by atoms with Gasteiger partial charge in [-0.25, -0.2) is 4.39 Å². The molecule has 0 saturated carbocycles. The number of fused-ring (bicyclic) bond motifs is 1. The van der Waals surface area contributed by atoms with Crippen LogP contribution in [0.15, 0.2) is 18.2 Å². The largest absolute Gasteiger partial charge is 0.351 e. The van der Waals surface area contributed by atoms with Crippen LogP contribution >= 0.6 is 0 Å². The first-order chi connectivity index (χ1) is 6.76. The summed E-state index contributed by atoms with van der Waals surface area (Å²) < 4.78 is 12.9. The van der Waals surface area contributed by atoms with E-state index in [2.05, 4.69) is 10.9 Å². The van der Waals surface area contributed by atoms with Gasteiger partial charge < -0.3 is 4.98 Å². The first-order valence-electron chi connectivity index (χ1n) is 3.99. The number of benzene rings is 1. The van der Waals surface area contributed by atoms with Gasteiger partial charge in [0.15, 0.2) is 6.29 Å². The maximum absolute atomic E-state index is 12.9. The Balaban J connectivity index is 2.90. The fraction of sp³-hybridized carbons (Fsp3) is 0. The number of H-pyrrole nitrogens is 1. The lowest BCUT2D eigenvalue weighted by Gasteiger charge is -1.90. The molecule has 0 fully saturated rings. The number of nitrogens with one attached hydrogen (secondary N) is 1. The summed E-state index contributed by atoms with van der Waals surface area (Å²) in [6.07, 6.45) is 5.87. The van der Waals surface area contributed by atoms with Gasteiger partial charge in [0, 0.05) is 10.9 Å². The van der Waals surface area contributed by atoms with Gasteiger partial charge in [-0.2, -0.15) is 0 Å². The fourth-order valence-electron chi connectivity index (χ4n) is 1.43. The molecule has 0 unspecified atom stereocenters. The van der Waals surface area contributed by atoms with Gasteiger partial charge in [-0.1, -0.05) is 5.92 Å². The van der Waals surface area contributed by atoms with Gasteiger partial charge in [-0.05, 0) is 18.2 Å². The highest BCUT2D eigenvalue weighted by Gasteiger charge is 2.08. The van der Waals surface area contributed by atoms with E-state index in [1.807, 2.05) is 0 Å². The number of carbonyl (C=O) groups excluding carboxylic acids is 1. The van der Waals surface area contributed by atoms with Crippen LogP contribution in [0.2, 0.25) is 0 Å². The number of rotatable bonds is 1. The standard InChI is InChI=1S/C11H6FNO/c1-2-8-9-5-7(12)3-4-10(9)13-11(8)6-14/h1,3-6,13H. The molecule has 0 aliphatic heterocycles. The van der Waals surface area contributed by atoms with Crippen LogP contribution in [0, 0.1) is 18.2 Å². The molecular formula is C11H6FNO. The topological polar surface area (TPSA) is 32.9 Å². The molecule has 1 aromatic heterocycles. The summed E-state index contributed by atoms with van der Waals surface area (Å²) >= 11 is 0. The lowest BCUT2D eigenvalue weighted by Crippen LogP contribution is -1.82. The van der Waals surface area contributed by atoms with Crippen LogP contribution in [-0.4, -0.2) is 11.3 Å². The van der Waals surface area contributed by atoms with E-state index in [0.717, 1.165) is 0 Å². The van der Waals surface area contributed by atoms with Crippen molar-refractivity contribution in [1.82, 2.24) is 4.98 Å². The summed E-state index contributed by atoms with van der Waals surface area (Å²) in [7, 11) is 0. The van der Waals surface area contributed by atoms with E-state index in [1.54, 1.807) is 6.07 Å². The molecule has 14 heavy (non-hydrogen) atoms. The molecule has 0 radical (unpaired) electrons. The van der Waals surface area contributed by atoms with Gasteiger partial charge >= 0.3 is 0 Å². The number of hydrogen-bond acceptors (Lipinski definition) is 1. The first-order valence-corrected chi connectivity index (χ1v) is 3.99. The number of halogens is 1. The minimum absolute atomic E-state index is 0.313. The minimum atomic E-state index is -0.370. The zero-order valence-corrected chi connectivity index (χ0v) is 7.17. The second-order valence-corrected chi connectivity index (χ2v) is 2.87. The van der Waals surface area contributed by atoms with Crippen molar-refractivity contribution >= 4 is 17.2 Å². The van der Waals surface area contributed by atoms with Gasteiger partial charge in [0.25, 0.3) is 0 Å². The second kappa shape index (κ2) is 3.00. The van der Waals surface area contributed by atoms with Gasteiger partial charge in [0.05, 0.1) is 11.3 Å². The Morgan fingerprint density at radius 3 is 2.93 bits per heavy atom. The molecule has 0 spiro atoms. The molecule has 2 rings (SSSR count). The first kappa shape index (κ1) is 8.52. The summed E-state index contributed by atoms with van der Waals surface area (Å²) in [6, 6.07) is 4.18. The van der Waals surface area contributed by atoms with Gasteiger partial charge in [-0.15, -0.1) is 6.42 Å². The number of terminal acetylenes is 1. The Labute approximate surface area is 79.7 Å². The van der Waals surface area contributed by atoms with Crippen molar-refractivity contribution < 1.29 is 9.18 Å². The smallest absolute Gasteiger partial charge is 0.167 e. The summed E-state index contributed by atoms with van der Waals surface area (Å²) in [5.74, 6) is 2.00. The highest BCUT2D eigenvalue weighted by atomic mass is 19.1. The van der Waals surface area contributed by atoms with Crippen LogP contribution in [0.4, 0.5) is 4.39 Å². The van der Waals surface area contributed by atoms with Crippen LogP contribution in [0.3, 0.4) is 0 Å². The molecule has 0 aliphatic rings. The Morgan fingerprint density at radius 2 is 2.29 bits per heavy atom. The molecule has 0 saturated heterocycles. The predicted octanol–water partition coefficient (Wildman–Crippen LogP) is 2.10. The highest BCUT2D eigenvalue weighted by Crippen LogP contribution is 2.21. The summed E-state index contributed by atoms with van der Waals surface area (Å²) in [4.78, 5) is 13.4. The highest BCUT2D eigenvalue weighted by molar-refractivity contribution is 5.94. The van der Waals surface area contributed by atoms with Crippen LogP contribution in [0.25, 0.3) is 10.9 Å². The van der Waals surface area contributed by atoms with Crippen LogP contribution in [-0.2, 0) is 0 Å². The van der Waals surface area contributed by atoms with Gasteiger partial charge in [0.2, 0.25) is 0 Å². The second-order valence-electron chi connectivity index (χ2n) is 2.87. The molecule has 2 nitrogen and oxygen atoms in total. The summed E-state index contributed by atoms with van der Waals surface area (Å²) in [5, 5.41) is 0.564. The average Bonchev–Trinajstić information content (AvgIpc) is 2.54. The van der Waals surface area contributed by atoms with E-state index >= 15 is 0 Å². The maximum atomic E-state index is 12.9. The van der Waals surface area contributed by atoms with E-state index in [4.69, 9.17) is 6.42 Å². The number of carbonyl (C=O) groups is 1. The Hall–Kier alpha value is -2.08. The van der Waals surface area contributed by atoms with Gasteiger partial charge in [0.1, 0.15) is 5.82 Å². The van der Waals surface area contributed by atoms with Crippen molar-refractivity contribution in [2.75, 3.05) is 0 Å². The number of aromatic nitrogens is 1. The molecule has 2 aromatic rings. The van der Waals surface area contributed by atoms with Crippen LogP contribution in [0.5, 0.6) is 0 Å². The monoisotopic (exact) mass is 187 g/mol. The fourth-order valence-corrected chi connectivity index (χ4v) is 1.43. The third-order valence-electron chi connectivity index (χ3n) is 2.05. The molecule has 0 atom stereocenters. The predicted molar refractivity (Wildman–Crippen MR) is 51.6 cm³/mol. The molecule has 1 N–H and O–H groups in total. The van der Waals surface area contributed by atoms with E-state index in [-0.39, 0.29) is 5.82 Å². The van der Waals surface area contributed by atoms with Crippen molar-refractivity contribution in [3.05, 3.63) is 35.3 Å². The van der Waals surface area contributed by atoms with Crippen molar-refractivity contribution in [2.45, 2.75) is 0 Å². The van der Waals surface area contributed by atoms with Crippen molar-refractivity contribution in [2.24, 2.45) is 0 Å². The Kier molecular flexibility index (Phi) is 1.83. The third-order valence-corrected chi connectivity index (χ3v) is 2.05. The SMILES string of the molecule is C#Cc1c(C=O)[nH]c2ccc(F)cc12. The Bertz CT molecular complexity index is 548. The molecule has 1 heterocycles. The number of aldehydes is 1. The maximum Gasteiger partial charge on any atom is 0.167 e. The molecule has 0 bridgehead atoms. The average molecular weight is 187 g/mol. The zero-order valence-electron chi connectivity index (χ0n) is 7.17. The van der Waals surface area contributed by atoms with Crippen molar-refractivity contribution in [3.63, 3.8) is 0 Å². The molecule has 0 amide bonds. The third kappa shape index (κ3) is 1.09. The van der Waals surface area contributed by atoms with Gasteiger partial charge in [-0.3, -0.25) is 4.79 Å². The lowest BCUT2D eigenvalue weighted by atomic mass is 10.1. The summed E-state index contributed by atoms with van der Waals surface area (Å²) in [5.41, 5.74) is 1.39. The minimum Gasteiger partial charge on any atom is -0.351 e. The lowest BCUT2D eigenvalue weighted by molar-refractivity contribution is 0.111. The summed E-state index contributed by atoms with van der Waals surface area (Å²) in [6.45, 7) is 0. The molecular weight excluding hydrogens is 181 g/mol. The molecule has 1 aromatic carbocycles. The van der Waals surface area contributed by atoms with E-state index in [9.17, 15) is 9.18 Å². The molecule has 68 valence electrons. The Morgan fingerprint density at radius 1 is 1.50 bits per heavy atom. The van der Waals surface area contributed by atoms with Crippen LogP contribution < -0.4 is 0 Å². The number of aromatic amines is 1. The normalized spacial score (nSPS) is 10.0. The quantitative estimate of drug-likeness (QED) is 0.538. The molecule has 0 aliphatic carbocycles. The van der Waals surface area contributed by atoms with Crippen molar-refractivity contribution in [3.8, 4) is 12.3 Å².